The molecule has 28 heavy (non-hydrogen) atoms. The van der Waals surface area contributed by atoms with Gasteiger partial charge < -0.3 is 9.30 Å². The zero-order valence-electron chi connectivity index (χ0n) is 15.5. The van der Waals surface area contributed by atoms with Gasteiger partial charge in [0.25, 0.3) is 5.56 Å². The van der Waals surface area contributed by atoms with Crippen molar-refractivity contribution in [3.05, 3.63) is 69.1 Å². The number of imidazole rings is 1. The molecule has 0 radical (unpaired) electrons. The van der Waals surface area contributed by atoms with Crippen molar-refractivity contribution in [2.24, 2.45) is 0 Å². The van der Waals surface area contributed by atoms with Crippen LogP contribution in [0.2, 0.25) is 5.02 Å². The van der Waals surface area contributed by atoms with Crippen LogP contribution in [0, 0.1) is 0 Å². The third-order valence-electron chi connectivity index (χ3n) is 4.28. The molecular weight excluding hydrogens is 384 g/mol. The molecule has 0 fully saturated rings. The summed E-state index contributed by atoms with van der Waals surface area (Å²) in [6.45, 7) is 7.13. The molecule has 3 aromatic rings. The van der Waals surface area contributed by atoms with Gasteiger partial charge in [0, 0.05) is 11.6 Å². The average Bonchev–Trinajstić information content (AvgIpc) is 3.09. The van der Waals surface area contributed by atoms with Crippen LogP contribution in [0.5, 0.6) is 0 Å². The van der Waals surface area contributed by atoms with E-state index >= 15 is 0 Å². The van der Waals surface area contributed by atoms with E-state index in [0.717, 1.165) is 4.57 Å². The maximum Gasteiger partial charge on any atom is 0.337 e. The Morgan fingerprint density at radius 2 is 2.14 bits per heavy atom. The SMILES string of the molecule is C=CCn1c(=O)c2c(ncn2[C@H](C)C(=O)OCC)n(-c2cccc(Cl)c2)c1=O. The first-order valence-corrected chi connectivity index (χ1v) is 9.04. The predicted octanol–water partition coefficient (Wildman–Crippen LogP) is 2.31. The maximum atomic E-state index is 13.0. The second kappa shape index (κ2) is 7.85. The van der Waals surface area contributed by atoms with Crippen molar-refractivity contribution in [3.63, 3.8) is 0 Å². The zero-order valence-corrected chi connectivity index (χ0v) is 16.2. The van der Waals surface area contributed by atoms with Crippen LogP contribution in [0.15, 0.2) is 52.8 Å². The van der Waals surface area contributed by atoms with Crippen LogP contribution in [0.4, 0.5) is 0 Å². The van der Waals surface area contributed by atoms with Gasteiger partial charge in [-0.3, -0.25) is 9.36 Å². The number of hydrogen-bond acceptors (Lipinski definition) is 5. The summed E-state index contributed by atoms with van der Waals surface area (Å²) in [5.41, 5.74) is -0.439. The van der Waals surface area contributed by atoms with Crippen molar-refractivity contribution in [2.75, 3.05) is 6.61 Å². The highest BCUT2D eigenvalue weighted by Gasteiger charge is 2.24. The van der Waals surface area contributed by atoms with E-state index in [2.05, 4.69) is 11.6 Å². The van der Waals surface area contributed by atoms with Crippen molar-refractivity contribution in [1.29, 1.82) is 0 Å². The van der Waals surface area contributed by atoms with E-state index in [4.69, 9.17) is 16.3 Å². The van der Waals surface area contributed by atoms with Gasteiger partial charge in [-0.2, -0.15) is 0 Å². The third kappa shape index (κ3) is 3.27. The van der Waals surface area contributed by atoms with Crippen molar-refractivity contribution < 1.29 is 9.53 Å². The maximum absolute atomic E-state index is 13.0. The van der Waals surface area contributed by atoms with E-state index in [1.54, 1.807) is 38.1 Å². The first-order chi connectivity index (χ1) is 13.4. The Balaban J connectivity index is 2.38. The molecule has 9 heteroatoms. The minimum Gasteiger partial charge on any atom is -0.464 e. The number of fused-ring (bicyclic) bond motifs is 1. The van der Waals surface area contributed by atoms with Crippen LogP contribution in [-0.4, -0.2) is 31.3 Å². The van der Waals surface area contributed by atoms with Crippen LogP contribution in [0.25, 0.3) is 16.9 Å². The van der Waals surface area contributed by atoms with Gasteiger partial charge in [-0.15, -0.1) is 6.58 Å². The fraction of sp³-hybridized carbons (Fsp3) is 0.263. The lowest BCUT2D eigenvalue weighted by atomic mass is 10.3. The minimum absolute atomic E-state index is 0.00708. The fourth-order valence-corrected chi connectivity index (χ4v) is 3.14. The molecule has 0 aliphatic carbocycles. The quantitative estimate of drug-likeness (QED) is 0.466. The number of benzene rings is 1. The number of carbonyl (C=O) groups excluding carboxylic acids is 1. The number of hydrogen-bond donors (Lipinski definition) is 0. The van der Waals surface area contributed by atoms with E-state index in [-0.39, 0.29) is 24.3 Å². The summed E-state index contributed by atoms with van der Waals surface area (Å²) in [5.74, 6) is -0.503. The van der Waals surface area contributed by atoms with Gasteiger partial charge in [0.05, 0.1) is 18.6 Å². The number of nitrogens with zero attached hydrogens (tertiary/aromatic N) is 4. The molecule has 0 bridgehead atoms. The molecule has 3 rings (SSSR count). The normalized spacial score (nSPS) is 12.1. The molecule has 0 amide bonds. The molecule has 1 aromatic carbocycles. The Morgan fingerprint density at radius 1 is 1.39 bits per heavy atom. The van der Waals surface area contributed by atoms with Gasteiger partial charge in [0.2, 0.25) is 0 Å². The van der Waals surface area contributed by atoms with Crippen molar-refractivity contribution >= 4 is 28.7 Å². The number of halogens is 1. The predicted molar refractivity (Wildman–Crippen MR) is 106 cm³/mol. The van der Waals surface area contributed by atoms with Gasteiger partial charge in [-0.05, 0) is 32.0 Å². The highest BCUT2D eigenvalue weighted by Crippen LogP contribution is 2.19. The van der Waals surface area contributed by atoms with Gasteiger partial charge in [0.1, 0.15) is 6.04 Å². The number of allylic oxidation sites excluding steroid dienone is 1. The molecule has 0 aliphatic heterocycles. The number of aromatic nitrogens is 4. The lowest BCUT2D eigenvalue weighted by Crippen LogP contribution is -2.40. The molecule has 0 saturated heterocycles. The number of esters is 1. The first kappa shape index (κ1) is 19.6. The molecule has 0 spiro atoms. The monoisotopic (exact) mass is 402 g/mol. The van der Waals surface area contributed by atoms with E-state index in [1.807, 2.05) is 0 Å². The molecule has 2 heterocycles. The zero-order chi connectivity index (χ0) is 20.4. The Bertz CT molecular complexity index is 1170. The van der Waals surface area contributed by atoms with Crippen molar-refractivity contribution in [2.45, 2.75) is 26.4 Å². The van der Waals surface area contributed by atoms with Gasteiger partial charge in [0.15, 0.2) is 11.2 Å². The Morgan fingerprint density at radius 3 is 2.79 bits per heavy atom. The molecule has 146 valence electrons. The Hall–Kier alpha value is -3.13. The summed E-state index contributed by atoms with van der Waals surface area (Å²) in [6.07, 6.45) is 2.80. The molecular formula is C19H19ClN4O4. The number of carbonyl (C=O) groups is 1. The van der Waals surface area contributed by atoms with Crippen LogP contribution >= 0.6 is 11.6 Å². The summed E-state index contributed by atoms with van der Waals surface area (Å²) < 4.78 is 8.79. The molecule has 1 atom stereocenters. The average molecular weight is 403 g/mol. The highest BCUT2D eigenvalue weighted by atomic mass is 35.5. The lowest BCUT2D eigenvalue weighted by Gasteiger charge is -2.15. The second-order valence-corrected chi connectivity index (χ2v) is 6.49. The molecule has 8 nitrogen and oxygen atoms in total. The van der Waals surface area contributed by atoms with Gasteiger partial charge in [-0.25, -0.2) is 19.1 Å². The van der Waals surface area contributed by atoms with E-state index in [9.17, 15) is 14.4 Å². The molecule has 0 unspecified atom stereocenters. The highest BCUT2D eigenvalue weighted by molar-refractivity contribution is 6.30. The minimum atomic E-state index is -0.792. The lowest BCUT2D eigenvalue weighted by molar-refractivity contribution is -0.146. The fourth-order valence-electron chi connectivity index (χ4n) is 2.96. The Labute approximate surface area is 165 Å². The number of rotatable bonds is 6. The second-order valence-electron chi connectivity index (χ2n) is 6.05. The Kier molecular flexibility index (Phi) is 5.51. The van der Waals surface area contributed by atoms with E-state index in [1.165, 1.54) is 21.5 Å². The van der Waals surface area contributed by atoms with Gasteiger partial charge >= 0.3 is 11.7 Å². The van der Waals surface area contributed by atoms with E-state index < -0.39 is 23.3 Å². The summed E-state index contributed by atoms with van der Waals surface area (Å²) in [7, 11) is 0. The largest absolute Gasteiger partial charge is 0.464 e. The van der Waals surface area contributed by atoms with Crippen LogP contribution in [0.1, 0.15) is 19.9 Å². The molecule has 2 aromatic heterocycles. The smallest absolute Gasteiger partial charge is 0.337 e. The topological polar surface area (TPSA) is 88.1 Å². The number of ether oxygens (including phenoxy) is 1. The summed E-state index contributed by atoms with van der Waals surface area (Å²) >= 11 is 6.08. The van der Waals surface area contributed by atoms with Crippen molar-refractivity contribution in [3.8, 4) is 5.69 Å². The van der Waals surface area contributed by atoms with Gasteiger partial charge in [-0.1, -0.05) is 23.7 Å². The molecule has 0 aliphatic rings. The van der Waals surface area contributed by atoms with Crippen LogP contribution < -0.4 is 11.2 Å². The van der Waals surface area contributed by atoms with E-state index in [0.29, 0.717) is 10.7 Å². The standard InChI is InChI=1S/C19H19ClN4O4/c1-4-9-22-17(25)15-16(21-11-23(15)12(3)18(26)28-5-2)24(19(22)27)14-8-6-7-13(20)10-14/h4,6-8,10-12H,1,5,9H2,2-3H3/t12-/m1/s1. The van der Waals surface area contributed by atoms with Crippen LogP contribution in [-0.2, 0) is 16.1 Å². The summed E-state index contributed by atoms with van der Waals surface area (Å²) in [5, 5.41) is 0.429. The third-order valence-corrected chi connectivity index (χ3v) is 4.51. The van der Waals surface area contributed by atoms with Crippen LogP contribution in [0.3, 0.4) is 0 Å². The summed E-state index contributed by atoms with van der Waals surface area (Å²) in [4.78, 5) is 42.5. The summed E-state index contributed by atoms with van der Waals surface area (Å²) in [6, 6.07) is 5.86. The first-order valence-electron chi connectivity index (χ1n) is 8.66. The van der Waals surface area contributed by atoms with Crippen molar-refractivity contribution in [1.82, 2.24) is 18.7 Å². The molecule has 0 saturated carbocycles. The molecule has 0 N–H and O–H groups in total.